The number of fused-ring (bicyclic) bond motifs is 1. The van der Waals surface area contributed by atoms with E-state index in [-0.39, 0.29) is 5.92 Å². The molecule has 0 aliphatic carbocycles. The third kappa shape index (κ3) is 3.93. The number of hydrazone groups is 1. The first-order chi connectivity index (χ1) is 11.8. The van der Waals surface area contributed by atoms with E-state index in [9.17, 15) is 0 Å². The predicted molar refractivity (Wildman–Crippen MR) is 97.2 cm³/mol. The lowest BCUT2D eigenvalue weighted by Crippen LogP contribution is -2.10. The molecule has 3 heterocycles. The quantitative estimate of drug-likeness (QED) is 0.489. The van der Waals surface area contributed by atoms with Crippen LogP contribution in [0, 0.1) is 0 Å². The molecule has 0 aliphatic rings. The maximum absolute atomic E-state index is 5.29. The highest BCUT2D eigenvalue weighted by molar-refractivity contribution is 7.18. The van der Waals surface area contributed by atoms with Gasteiger partial charge in [-0.15, -0.1) is 22.7 Å². The molecular weight excluding hydrogens is 346 g/mol. The Balaban J connectivity index is 1.83. The first kappa shape index (κ1) is 16.9. The Morgan fingerprint density at radius 1 is 1.25 bits per heavy atom. The molecule has 0 fully saturated rings. The summed E-state index contributed by atoms with van der Waals surface area (Å²) >= 11 is 3.14. The fourth-order valence-electron chi connectivity index (χ4n) is 2.23. The van der Waals surface area contributed by atoms with Crippen LogP contribution in [-0.2, 0) is 9.47 Å². The number of thiazole rings is 1. The number of methoxy groups -OCH3 is 2. The van der Waals surface area contributed by atoms with Gasteiger partial charge in [0.05, 0.1) is 24.8 Å². The van der Waals surface area contributed by atoms with Gasteiger partial charge >= 0.3 is 0 Å². The summed E-state index contributed by atoms with van der Waals surface area (Å²) < 4.78 is 10.6. The van der Waals surface area contributed by atoms with Crippen LogP contribution in [0.4, 0.5) is 5.82 Å². The number of rotatable bonds is 8. The van der Waals surface area contributed by atoms with Crippen molar-refractivity contribution in [2.24, 2.45) is 5.10 Å². The van der Waals surface area contributed by atoms with Gasteiger partial charge in [-0.05, 0) is 6.07 Å². The summed E-state index contributed by atoms with van der Waals surface area (Å²) in [4.78, 5) is 14.8. The summed E-state index contributed by atoms with van der Waals surface area (Å²) in [5, 5.41) is 7.87. The Morgan fingerprint density at radius 3 is 2.79 bits per heavy atom. The molecule has 0 atom stereocenters. The van der Waals surface area contributed by atoms with Crippen LogP contribution in [0.15, 0.2) is 29.1 Å². The molecule has 0 aliphatic heterocycles. The van der Waals surface area contributed by atoms with Gasteiger partial charge in [0.25, 0.3) is 0 Å². The average Bonchev–Trinajstić information content (AvgIpc) is 3.24. The van der Waals surface area contributed by atoms with Gasteiger partial charge in [0.15, 0.2) is 5.82 Å². The monoisotopic (exact) mass is 363 g/mol. The zero-order chi connectivity index (χ0) is 16.8. The number of hydrogen-bond acceptors (Lipinski definition) is 9. The molecule has 1 N–H and O–H groups in total. The SMILES string of the molecule is COCC(COC)c1cc2c(NN=Cc3nccs3)ncnc2s1. The van der Waals surface area contributed by atoms with Gasteiger partial charge < -0.3 is 9.47 Å². The van der Waals surface area contributed by atoms with Crippen molar-refractivity contribution >= 4 is 44.9 Å². The Kier molecular flexibility index (Phi) is 5.81. The number of nitrogens with zero attached hydrogens (tertiary/aromatic N) is 4. The van der Waals surface area contributed by atoms with Gasteiger partial charge in [-0.1, -0.05) is 0 Å². The normalized spacial score (nSPS) is 11.8. The van der Waals surface area contributed by atoms with E-state index in [4.69, 9.17) is 9.47 Å². The Labute approximate surface area is 147 Å². The van der Waals surface area contributed by atoms with Crippen molar-refractivity contribution in [2.75, 3.05) is 32.9 Å². The maximum Gasteiger partial charge on any atom is 0.158 e. The van der Waals surface area contributed by atoms with Crippen molar-refractivity contribution in [3.8, 4) is 0 Å². The van der Waals surface area contributed by atoms with Crippen LogP contribution in [0.25, 0.3) is 10.2 Å². The topological polar surface area (TPSA) is 81.5 Å². The highest BCUT2D eigenvalue weighted by Crippen LogP contribution is 2.33. The molecule has 9 heteroatoms. The van der Waals surface area contributed by atoms with Crippen LogP contribution in [0.3, 0.4) is 0 Å². The molecule has 24 heavy (non-hydrogen) atoms. The summed E-state index contributed by atoms with van der Waals surface area (Å²) in [6.07, 6.45) is 4.95. The number of aromatic nitrogens is 3. The fraction of sp³-hybridized carbons (Fsp3) is 0.333. The van der Waals surface area contributed by atoms with Crippen LogP contribution in [0.2, 0.25) is 0 Å². The lowest BCUT2D eigenvalue weighted by atomic mass is 10.1. The molecule has 0 amide bonds. The van der Waals surface area contributed by atoms with Gasteiger partial charge in [-0.25, -0.2) is 15.0 Å². The first-order valence-corrected chi connectivity index (χ1v) is 8.92. The largest absolute Gasteiger partial charge is 0.384 e. The minimum Gasteiger partial charge on any atom is -0.384 e. The highest BCUT2D eigenvalue weighted by Gasteiger charge is 2.17. The molecule has 3 aromatic rings. The molecule has 0 spiro atoms. The standard InChI is InChI=1S/C15H17N5O2S2/c1-21-7-10(8-22-2)12-5-11-14(17-9-18-15(11)24-12)20-19-6-13-16-3-4-23-13/h3-6,9-10H,7-8H2,1-2H3,(H,17,18,20). The zero-order valence-electron chi connectivity index (χ0n) is 13.3. The van der Waals surface area contributed by atoms with E-state index < -0.39 is 0 Å². The van der Waals surface area contributed by atoms with Crippen LogP contribution < -0.4 is 5.43 Å². The molecule has 0 bridgehead atoms. The van der Waals surface area contributed by atoms with E-state index in [1.807, 2.05) is 5.38 Å². The first-order valence-electron chi connectivity index (χ1n) is 7.22. The van der Waals surface area contributed by atoms with E-state index in [2.05, 4.69) is 31.5 Å². The molecule has 0 saturated carbocycles. The maximum atomic E-state index is 5.29. The average molecular weight is 363 g/mol. The van der Waals surface area contributed by atoms with Crippen molar-refractivity contribution in [2.45, 2.75) is 5.92 Å². The Bertz CT molecular complexity index is 797. The molecule has 0 aromatic carbocycles. The Hall–Kier alpha value is -1.94. The fourth-order valence-corrected chi connectivity index (χ4v) is 3.79. The van der Waals surface area contributed by atoms with Crippen LogP contribution in [0.5, 0.6) is 0 Å². The number of anilines is 1. The minimum atomic E-state index is 0.172. The lowest BCUT2D eigenvalue weighted by molar-refractivity contribution is 0.118. The summed E-state index contributed by atoms with van der Waals surface area (Å²) in [7, 11) is 3.38. The van der Waals surface area contributed by atoms with Gasteiger partial charge in [0.2, 0.25) is 0 Å². The number of nitrogens with one attached hydrogen (secondary N) is 1. The summed E-state index contributed by atoms with van der Waals surface area (Å²) in [6.45, 7) is 1.19. The predicted octanol–water partition coefficient (Wildman–Crippen LogP) is 2.97. The zero-order valence-corrected chi connectivity index (χ0v) is 14.9. The third-order valence-electron chi connectivity index (χ3n) is 3.28. The second kappa shape index (κ2) is 8.25. The van der Waals surface area contributed by atoms with Gasteiger partial charge in [-0.3, -0.25) is 5.43 Å². The molecule has 0 radical (unpaired) electrons. The summed E-state index contributed by atoms with van der Waals surface area (Å²) in [5.74, 6) is 0.842. The number of ether oxygens (including phenoxy) is 2. The van der Waals surface area contributed by atoms with Crippen LogP contribution in [0.1, 0.15) is 15.8 Å². The van der Waals surface area contributed by atoms with Crippen molar-refractivity contribution in [3.63, 3.8) is 0 Å². The molecule has 126 valence electrons. The summed E-state index contributed by atoms with van der Waals surface area (Å²) in [5.41, 5.74) is 2.97. The molecular formula is C15H17N5O2S2. The molecule has 3 rings (SSSR count). The Morgan fingerprint density at radius 2 is 2.08 bits per heavy atom. The van der Waals surface area contributed by atoms with E-state index in [1.54, 1.807) is 38.0 Å². The molecule has 7 nitrogen and oxygen atoms in total. The smallest absolute Gasteiger partial charge is 0.158 e. The van der Waals surface area contributed by atoms with Crippen molar-refractivity contribution in [3.05, 3.63) is 33.9 Å². The lowest BCUT2D eigenvalue weighted by Gasteiger charge is -2.12. The van der Waals surface area contributed by atoms with Crippen LogP contribution in [-0.4, -0.2) is 48.6 Å². The van der Waals surface area contributed by atoms with E-state index in [0.29, 0.717) is 19.0 Å². The van der Waals surface area contributed by atoms with E-state index in [0.717, 1.165) is 20.1 Å². The second-order valence-corrected chi connectivity index (χ2v) is 6.93. The van der Waals surface area contributed by atoms with E-state index >= 15 is 0 Å². The number of hydrogen-bond donors (Lipinski definition) is 1. The second-order valence-electron chi connectivity index (χ2n) is 4.94. The van der Waals surface area contributed by atoms with Gasteiger partial charge in [0.1, 0.15) is 16.2 Å². The van der Waals surface area contributed by atoms with Gasteiger partial charge in [-0.2, -0.15) is 5.10 Å². The van der Waals surface area contributed by atoms with Crippen molar-refractivity contribution < 1.29 is 9.47 Å². The molecule has 3 aromatic heterocycles. The highest BCUT2D eigenvalue weighted by atomic mass is 32.1. The molecule has 0 saturated heterocycles. The number of thiophene rings is 1. The molecule has 0 unspecified atom stereocenters. The van der Waals surface area contributed by atoms with Crippen molar-refractivity contribution in [1.29, 1.82) is 0 Å². The van der Waals surface area contributed by atoms with Crippen LogP contribution >= 0.6 is 22.7 Å². The van der Waals surface area contributed by atoms with Crippen molar-refractivity contribution in [1.82, 2.24) is 15.0 Å². The summed E-state index contributed by atoms with van der Waals surface area (Å²) in [6, 6.07) is 2.07. The minimum absolute atomic E-state index is 0.172. The van der Waals surface area contributed by atoms with Gasteiger partial charge in [0, 0.05) is 36.6 Å². The van der Waals surface area contributed by atoms with E-state index in [1.165, 1.54) is 17.7 Å². The third-order valence-corrected chi connectivity index (χ3v) is 5.20.